The molecule has 1 aromatic carbocycles. The highest BCUT2D eigenvalue weighted by Gasteiger charge is 2.34. The van der Waals surface area contributed by atoms with Crippen LogP contribution in [0.3, 0.4) is 0 Å². The van der Waals surface area contributed by atoms with Gasteiger partial charge in [0.1, 0.15) is 6.26 Å². The van der Waals surface area contributed by atoms with Gasteiger partial charge in [0.25, 0.3) is 5.91 Å². The number of nitrogens with zero attached hydrogens (tertiary/aromatic N) is 3. The summed E-state index contributed by atoms with van der Waals surface area (Å²) in [7, 11) is 1.94. The topological polar surface area (TPSA) is 75.8 Å². The molecule has 0 aliphatic carbocycles. The first-order chi connectivity index (χ1) is 15.0. The molecule has 2 aromatic heterocycles. The van der Waals surface area contributed by atoms with Crippen molar-refractivity contribution in [3.05, 3.63) is 87.8 Å². The van der Waals surface area contributed by atoms with Crippen LogP contribution >= 0.6 is 0 Å². The first-order valence-corrected chi connectivity index (χ1v) is 10.1. The molecule has 7 heteroatoms. The third kappa shape index (κ3) is 3.48. The molecule has 3 aromatic rings. The SMILES string of the molecule is Cn1ccc(/C=C/C(=O)N2CC3=C(C2)CN(C(=O)c2coc(=O)c4ccccc24)C3)c1. The van der Waals surface area contributed by atoms with Crippen LogP contribution in [0.4, 0.5) is 0 Å². The second-order valence-corrected chi connectivity index (χ2v) is 7.99. The number of carbonyl (C=O) groups is 2. The Bertz CT molecular complexity index is 1310. The van der Waals surface area contributed by atoms with Crippen LogP contribution < -0.4 is 5.63 Å². The lowest BCUT2D eigenvalue weighted by Gasteiger charge is -2.22. The van der Waals surface area contributed by atoms with Crippen molar-refractivity contribution in [3.63, 3.8) is 0 Å². The summed E-state index contributed by atoms with van der Waals surface area (Å²) in [6.07, 6.45) is 8.54. The summed E-state index contributed by atoms with van der Waals surface area (Å²) in [6.45, 7) is 2.02. The van der Waals surface area contributed by atoms with Gasteiger partial charge in [0, 0.05) is 57.1 Å². The Kier molecular flexibility index (Phi) is 4.58. The van der Waals surface area contributed by atoms with Crippen molar-refractivity contribution < 1.29 is 14.0 Å². The highest BCUT2D eigenvalue weighted by Crippen LogP contribution is 2.28. The van der Waals surface area contributed by atoms with Crippen molar-refractivity contribution in [2.24, 2.45) is 7.05 Å². The molecule has 0 atom stereocenters. The maximum absolute atomic E-state index is 13.1. The monoisotopic (exact) mass is 415 g/mol. The molecule has 0 spiro atoms. The van der Waals surface area contributed by atoms with Crippen molar-refractivity contribution in [2.45, 2.75) is 0 Å². The maximum Gasteiger partial charge on any atom is 0.343 e. The summed E-state index contributed by atoms with van der Waals surface area (Å²) in [5.74, 6) is -0.205. The summed E-state index contributed by atoms with van der Waals surface area (Å²) in [5.41, 5.74) is 3.13. The van der Waals surface area contributed by atoms with E-state index in [-0.39, 0.29) is 11.8 Å². The van der Waals surface area contributed by atoms with Gasteiger partial charge >= 0.3 is 5.63 Å². The molecule has 0 bridgehead atoms. The molecule has 7 nitrogen and oxygen atoms in total. The quantitative estimate of drug-likeness (QED) is 0.486. The highest BCUT2D eigenvalue weighted by atomic mass is 16.4. The normalized spacial score (nSPS) is 16.0. The number of aromatic nitrogens is 1. The number of rotatable bonds is 3. The first kappa shape index (κ1) is 19.1. The Morgan fingerprint density at radius 1 is 0.968 bits per heavy atom. The molecule has 0 saturated carbocycles. The van der Waals surface area contributed by atoms with E-state index in [0.717, 1.165) is 16.7 Å². The van der Waals surface area contributed by atoms with E-state index in [1.165, 1.54) is 6.26 Å². The smallest absolute Gasteiger partial charge is 0.343 e. The van der Waals surface area contributed by atoms with Crippen LogP contribution in [0.1, 0.15) is 15.9 Å². The predicted molar refractivity (Wildman–Crippen MR) is 116 cm³/mol. The van der Waals surface area contributed by atoms with E-state index in [9.17, 15) is 14.4 Å². The fraction of sp³-hybridized carbons (Fsp3) is 0.208. The van der Waals surface area contributed by atoms with Gasteiger partial charge in [-0.25, -0.2) is 4.79 Å². The third-order valence-electron chi connectivity index (χ3n) is 5.85. The van der Waals surface area contributed by atoms with Gasteiger partial charge in [-0.15, -0.1) is 0 Å². The second kappa shape index (κ2) is 7.43. The molecule has 2 amide bonds. The zero-order valence-electron chi connectivity index (χ0n) is 17.1. The molecule has 0 radical (unpaired) electrons. The van der Waals surface area contributed by atoms with E-state index in [1.807, 2.05) is 36.2 Å². The van der Waals surface area contributed by atoms with Crippen LogP contribution in [-0.4, -0.2) is 52.4 Å². The van der Waals surface area contributed by atoms with Crippen LogP contribution in [0.15, 0.2) is 75.4 Å². The number of aryl methyl sites for hydroxylation is 1. The maximum atomic E-state index is 13.1. The summed E-state index contributed by atoms with van der Waals surface area (Å²) in [5, 5.41) is 0.994. The predicted octanol–water partition coefficient (Wildman–Crippen LogP) is 2.44. The van der Waals surface area contributed by atoms with E-state index < -0.39 is 5.63 Å². The highest BCUT2D eigenvalue weighted by molar-refractivity contribution is 6.06. The summed E-state index contributed by atoms with van der Waals surface area (Å²) in [6, 6.07) is 8.91. The molecule has 2 aliphatic heterocycles. The van der Waals surface area contributed by atoms with Gasteiger partial charge in [-0.3, -0.25) is 9.59 Å². The van der Waals surface area contributed by atoms with Crippen molar-refractivity contribution in [1.29, 1.82) is 0 Å². The molecule has 5 rings (SSSR count). The Morgan fingerprint density at radius 2 is 1.65 bits per heavy atom. The van der Waals surface area contributed by atoms with E-state index in [4.69, 9.17) is 4.42 Å². The largest absolute Gasteiger partial charge is 0.430 e. The van der Waals surface area contributed by atoms with Gasteiger partial charge in [0.05, 0.1) is 10.9 Å². The molecule has 0 fully saturated rings. The van der Waals surface area contributed by atoms with E-state index >= 15 is 0 Å². The minimum absolute atomic E-state index is 0.0352. The van der Waals surface area contributed by atoms with Crippen LogP contribution in [-0.2, 0) is 11.8 Å². The van der Waals surface area contributed by atoms with Gasteiger partial charge in [-0.05, 0) is 34.9 Å². The summed E-state index contributed by atoms with van der Waals surface area (Å²) >= 11 is 0. The zero-order chi connectivity index (χ0) is 21.5. The molecule has 0 unspecified atom stereocenters. The number of hydrogen-bond acceptors (Lipinski definition) is 4. The van der Waals surface area contributed by atoms with E-state index in [2.05, 4.69) is 0 Å². The molecule has 4 heterocycles. The standard InChI is InChI=1S/C24H21N3O4/c1-25-9-8-16(10-25)6-7-22(28)26-11-17-13-27(14-18(17)12-26)23(29)21-15-31-24(30)20-5-3-2-4-19(20)21/h2-10,15H,11-14H2,1H3/b7-6+. The molecular weight excluding hydrogens is 394 g/mol. The molecule has 31 heavy (non-hydrogen) atoms. The number of carbonyl (C=O) groups excluding carboxylic acids is 2. The number of fused-ring (bicyclic) bond motifs is 1. The van der Waals surface area contributed by atoms with Crippen LogP contribution in [0.2, 0.25) is 0 Å². The summed E-state index contributed by atoms with van der Waals surface area (Å²) in [4.78, 5) is 41.2. The lowest BCUT2D eigenvalue weighted by Crippen LogP contribution is -2.36. The van der Waals surface area contributed by atoms with Crippen molar-refractivity contribution >= 4 is 28.7 Å². The Morgan fingerprint density at radius 3 is 2.32 bits per heavy atom. The Hall–Kier alpha value is -3.87. The second-order valence-electron chi connectivity index (χ2n) is 7.99. The van der Waals surface area contributed by atoms with Gasteiger partial charge in [-0.2, -0.15) is 0 Å². The number of hydrogen-bond donors (Lipinski definition) is 0. The minimum atomic E-state index is -0.452. The molecule has 2 aliphatic rings. The molecular formula is C24H21N3O4. The molecule has 156 valence electrons. The summed E-state index contributed by atoms with van der Waals surface area (Å²) < 4.78 is 7.01. The molecule has 0 saturated heterocycles. The average molecular weight is 415 g/mol. The minimum Gasteiger partial charge on any atom is -0.430 e. The zero-order valence-corrected chi connectivity index (χ0v) is 17.1. The van der Waals surface area contributed by atoms with Gasteiger partial charge in [0.2, 0.25) is 5.91 Å². The average Bonchev–Trinajstić information content (AvgIpc) is 3.47. The Labute approximate surface area is 178 Å². The number of benzene rings is 1. The Balaban J connectivity index is 1.26. The molecule has 0 N–H and O–H groups in total. The van der Waals surface area contributed by atoms with Crippen LogP contribution in [0.25, 0.3) is 16.8 Å². The van der Waals surface area contributed by atoms with E-state index in [1.54, 1.807) is 40.1 Å². The van der Waals surface area contributed by atoms with Gasteiger partial charge in [0.15, 0.2) is 0 Å². The lowest BCUT2D eigenvalue weighted by atomic mass is 10.1. The third-order valence-corrected chi connectivity index (χ3v) is 5.85. The van der Waals surface area contributed by atoms with Gasteiger partial charge in [-0.1, -0.05) is 18.2 Å². The van der Waals surface area contributed by atoms with Crippen molar-refractivity contribution in [3.8, 4) is 0 Å². The van der Waals surface area contributed by atoms with Crippen LogP contribution in [0, 0.1) is 0 Å². The van der Waals surface area contributed by atoms with Crippen molar-refractivity contribution in [1.82, 2.24) is 14.4 Å². The lowest BCUT2D eigenvalue weighted by molar-refractivity contribution is -0.124. The fourth-order valence-corrected chi connectivity index (χ4v) is 4.25. The van der Waals surface area contributed by atoms with Gasteiger partial charge < -0.3 is 18.8 Å². The van der Waals surface area contributed by atoms with Crippen LogP contribution in [0.5, 0.6) is 0 Å². The number of amides is 2. The van der Waals surface area contributed by atoms with E-state index in [0.29, 0.717) is 42.5 Å². The van der Waals surface area contributed by atoms with Crippen molar-refractivity contribution in [2.75, 3.05) is 26.2 Å². The fourth-order valence-electron chi connectivity index (χ4n) is 4.25. The first-order valence-electron chi connectivity index (χ1n) is 10.1.